The molecule has 1 aromatic heterocycles. The molecule has 6 heteroatoms. The molecule has 0 bridgehead atoms. The predicted molar refractivity (Wildman–Crippen MR) is 80.0 cm³/mol. The fraction of sp³-hybridized carbons (Fsp3) is 0.429. The standard InChI is InChI=1S/C14H16Cl2N4/c15-13-4-3-11(5-14(13)16)8-20-9-12(18-19-20)7-17-6-10-1-2-10/h3-5,9-10,17H,1-2,6-8H2. The molecule has 0 spiro atoms. The lowest BCUT2D eigenvalue weighted by Gasteiger charge is -2.02. The summed E-state index contributed by atoms with van der Waals surface area (Å²) in [5, 5.41) is 12.8. The Kier molecular flexibility index (Phi) is 4.24. The lowest BCUT2D eigenvalue weighted by molar-refractivity contribution is 0.627. The number of rotatable bonds is 6. The largest absolute Gasteiger partial charge is 0.311 e. The van der Waals surface area contributed by atoms with Gasteiger partial charge in [-0.2, -0.15) is 0 Å². The van der Waals surface area contributed by atoms with Gasteiger partial charge in [0.05, 0.1) is 28.5 Å². The Balaban J connectivity index is 1.56. The summed E-state index contributed by atoms with van der Waals surface area (Å²) in [5.74, 6) is 0.876. The zero-order chi connectivity index (χ0) is 13.9. The lowest BCUT2D eigenvalue weighted by atomic mass is 10.2. The highest BCUT2D eigenvalue weighted by atomic mass is 35.5. The van der Waals surface area contributed by atoms with Gasteiger partial charge in [-0.15, -0.1) is 5.10 Å². The van der Waals surface area contributed by atoms with E-state index in [1.54, 1.807) is 6.07 Å². The molecule has 0 atom stereocenters. The topological polar surface area (TPSA) is 42.7 Å². The van der Waals surface area contributed by atoms with Crippen molar-refractivity contribution in [2.75, 3.05) is 6.54 Å². The van der Waals surface area contributed by atoms with E-state index >= 15 is 0 Å². The SMILES string of the molecule is Clc1ccc(Cn2cc(CNCC3CC3)nn2)cc1Cl. The summed E-state index contributed by atoms with van der Waals surface area (Å²) in [6, 6.07) is 5.60. The molecular formula is C14H16Cl2N4. The Morgan fingerprint density at radius 3 is 2.85 bits per heavy atom. The molecule has 1 fully saturated rings. The van der Waals surface area contributed by atoms with Crippen LogP contribution in [-0.4, -0.2) is 21.5 Å². The van der Waals surface area contributed by atoms with E-state index in [4.69, 9.17) is 23.2 Å². The quantitative estimate of drug-likeness (QED) is 0.891. The average Bonchev–Trinajstić information content (AvgIpc) is 3.14. The first-order valence-electron chi connectivity index (χ1n) is 6.74. The summed E-state index contributed by atoms with van der Waals surface area (Å²) < 4.78 is 1.81. The molecule has 4 nitrogen and oxygen atoms in total. The van der Waals surface area contributed by atoms with Crippen LogP contribution >= 0.6 is 23.2 Å². The Labute approximate surface area is 128 Å². The number of nitrogens with zero attached hydrogens (tertiary/aromatic N) is 3. The summed E-state index contributed by atoms with van der Waals surface area (Å²) in [4.78, 5) is 0. The molecule has 1 aromatic carbocycles. The van der Waals surface area contributed by atoms with E-state index in [0.29, 0.717) is 16.6 Å². The molecule has 1 heterocycles. The highest BCUT2D eigenvalue weighted by molar-refractivity contribution is 6.42. The van der Waals surface area contributed by atoms with Gasteiger partial charge in [0, 0.05) is 6.54 Å². The van der Waals surface area contributed by atoms with Gasteiger partial charge in [0.15, 0.2) is 0 Å². The van der Waals surface area contributed by atoms with Crippen molar-refractivity contribution in [3.63, 3.8) is 0 Å². The van der Waals surface area contributed by atoms with Gasteiger partial charge in [0.25, 0.3) is 0 Å². The average molecular weight is 311 g/mol. The maximum absolute atomic E-state index is 6.00. The smallest absolute Gasteiger partial charge is 0.0964 e. The van der Waals surface area contributed by atoms with Crippen molar-refractivity contribution in [3.05, 3.63) is 45.7 Å². The summed E-state index contributed by atoms with van der Waals surface area (Å²) in [5.41, 5.74) is 2.02. The third-order valence-corrected chi connectivity index (χ3v) is 4.09. The fourth-order valence-electron chi connectivity index (χ4n) is 2.05. The molecule has 0 amide bonds. The maximum atomic E-state index is 6.00. The van der Waals surface area contributed by atoms with Gasteiger partial charge in [-0.3, -0.25) is 0 Å². The van der Waals surface area contributed by atoms with E-state index in [-0.39, 0.29) is 0 Å². The number of halogens is 2. The third-order valence-electron chi connectivity index (χ3n) is 3.35. The van der Waals surface area contributed by atoms with Crippen LogP contribution in [-0.2, 0) is 13.1 Å². The Morgan fingerprint density at radius 1 is 1.25 bits per heavy atom. The highest BCUT2D eigenvalue weighted by Gasteiger charge is 2.20. The minimum Gasteiger partial charge on any atom is -0.311 e. The molecule has 1 aliphatic rings. The van der Waals surface area contributed by atoms with Gasteiger partial charge in [-0.1, -0.05) is 34.5 Å². The van der Waals surface area contributed by atoms with Gasteiger partial charge in [-0.05, 0) is 43.0 Å². The van der Waals surface area contributed by atoms with Crippen molar-refractivity contribution >= 4 is 23.2 Å². The summed E-state index contributed by atoms with van der Waals surface area (Å²) in [6.07, 6.45) is 4.68. The van der Waals surface area contributed by atoms with Crippen LogP contribution in [0.15, 0.2) is 24.4 Å². The lowest BCUT2D eigenvalue weighted by Crippen LogP contribution is -2.16. The minimum atomic E-state index is 0.565. The van der Waals surface area contributed by atoms with E-state index in [1.807, 2.05) is 23.0 Å². The molecule has 0 saturated heterocycles. The number of aromatic nitrogens is 3. The van der Waals surface area contributed by atoms with Crippen LogP contribution in [0.3, 0.4) is 0 Å². The zero-order valence-corrected chi connectivity index (χ0v) is 12.5. The number of hydrogen-bond donors (Lipinski definition) is 1. The van der Waals surface area contributed by atoms with E-state index in [9.17, 15) is 0 Å². The maximum Gasteiger partial charge on any atom is 0.0964 e. The second-order valence-electron chi connectivity index (χ2n) is 5.23. The highest BCUT2D eigenvalue weighted by Crippen LogP contribution is 2.27. The van der Waals surface area contributed by atoms with Gasteiger partial charge in [-0.25, -0.2) is 4.68 Å². The van der Waals surface area contributed by atoms with Crippen LogP contribution in [0.2, 0.25) is 10.0 Å². The van der Waals surface area contributed by atoms with Crippen LogP contribution in [0.25, 0.3) is 0 Å². The molecule has 1 aliphatic carbocycles. The van der Waals surface area contributed by atoms with E-state index < -0.39 is 0 Å². The molecule has 106 valence electrons. The number of hydrogen-bond acceptors (Lipinski definition) is 3. The van der Waals surface area contributed by atoms with Crippen LogP contribution in [0.5, 0.6) is 0 Å². The summed E-state index contributed by atoms with van der Waals surface area (Å²) in [6.45, 7) is 2.50. The molecule has 2 aromatic rings. The fourth-order valence-corrected chi connectivity index (χ4v) is 2.37. The van der Waals surface area contributed by atoms with Crippen molar-refractivity contribution in [2.24, 2.45) is 5.92 Å². The van der Waals surface area contributed by atoms with Gasteiger partial charge < -0.3 is 5.32 Å². The molecular weight excluding hydrogens is 295 g/mol. The Bertz CT molecular complexity index is 593. The monoisotopic (exact) mass is 310 g/mol. The van der Waals surface area contributed by atoms with Crippen molar-refractivity contribution in [1.82, 2.24) is 20.3 Å². The zero-order valence-electron chi connectivity index (χ0n) is 11.0. The number of benzene rings is 1. The van der Waals surface area contributed by atoms with Gasteiger partial charge in [0.2, 0.25) is 0 Å². The van der Waals surface area contributed by atoms with Crippen LogP contribution in [0, 0.1) is 5.92 Å². The molecule has 0 radical (unpaired) electrons. The van der Waals surface area contributed by atoms with Crippen molar-refractivity contribution in [2.45, 2.75) is 25.9 Å². The summed E-state index contributed by atoms with van der Waals surface area (Å²) in [7, 11) is 0. The van der Waals surface area contributed by atoms with E-state index in [2.05, 4.69) is 15.6 Å². The first-order valence-corrected chi connectivity index (χ1v) is 7.50. The van der Waals surface area contributed by atoms with Crippen molar-refractivity contribution < 1.29 is 0 Å². The van der Waals surface area contributed by atoms with E-state index in [0.717, 1.165) is 30.3 Å². The Hall–Kier alpha value is -1.10. The molecule has 0 unspecified atom stereocenters. The molecule has 0 aliphatic heterocycles. The third kappa shape index (κ3) is 3.72. The normalized spacial score (nSPS) is 14.7. The first kappa shape index (κ1) is 13.9. The number of nitrogens with one attached hydrogen (secondary N) is 1. The molecule has 20 heavy (non-hydrogen) atoms. The van der Waals surface area contributed by atoms with E-state index in [1.165, 1.54) is 12.8 Å². The van der Waals surface area contributed by atoms with Crippen molar-refractivity contribution in [3.8, 4) is 0 Å². The van der Waals surface area contributed by atoms with Crippen molar-refractivity contribution in [1.29, 1.82) is 0 Å². The van der Waals surface area contributed by atoms with Gasteiger partial charge >= 0.3 is 0 Å². The second-order valence-corrected chi connectivity index (χ2v) is 6.04. The molecule has 3 rings (SSSR count). The van der Waals surface area contributed by atoms with Crippen LogP contribution in [0.1, 0.15) is 24.1 Å². The van der Waals surface area contributed by atoms with Crippen LogP contribution in [0.4, 0.5) is 0 Å². The minimum absolute atomic E-state index is 0.565. The Morgan fingerprint density at radius 2 is 2.10 bits per heavy atom. The second kappa shape index (κ2) is 6.12. The molecule has 1 saturated carbocycles. The molecule has 1 N–H and O–H groups in total. The predicted octanol–water partition coefficient (Wildman–Crippen LogP) is 3.13. The van der Waals surface area contributed by atoms with Crippen LogP contribution < -0.4 is 5.32 Å². The first-order chi connectivity index (χ1) is 9.70. The van der Waals surface area contributed by atoms with Gasteiger partial charge in [0.1, 0.15) is 0 Å². The summed E-state index contributed by atoms with van der Waals surface area (Å²) >= 11 is 11.9.